The second kappa shape index (κ2) is 5.32. The maximum absolute atomic E-state index is 12.6. The number of nitrogens with one attached hydrogen (secondary N) is 2. The molecule has 0 aliphatic carbocycles. The molecule has 0 saturated heterocycles. The van der Waals surface area contributed by atoms with Crippen LogP contribution in [0.3, 0.4) is 0 Å². The van der Waals surface area contributed by atoms with E-state index < -0.39 is 11.9 Å². The number of aromatic amines is 1. The summed E-state index contributed by atoms with van der Waals surface area (Å²) in [5.74, 6) is 0.632. The van der Waals surface area contributed by atoms with Gasteiger partial charge in [-0.15, -0.1) is 0 Å². The minimum absolute atomic E-state index is 0.303. The molecule has 3 heterocycles. The van der Waals surface area contributed by atoms with Crippen LogP contribution in [0.1, 0.15) is 11.4 Å². The van der Waals surface area contributed by atoms with Crippen molar-refractivity contribution in [2.45, 2.75) is 19.6 Å². The Hall–Kier alpha value is -2.58. The highest BCUT2D eigenvalue weighted by Gasteiger charge is 2.34. The van der Waals surface area contributed by atoms with Gasteiger partial charge in [0, 0.05) is 18.4 Å². The van der Waals surface area contributed by atoms with Crippen molar-refractivity contribution in [2.24, 2.45) is 0 Å². The fraction of sp³-hybridized carbons (Fsp3) is 0.308. The zero-order valence-electron chi connectivity index (χ0n) is 11.6. The van der Waals surface area contributed by atoms with Crippen molar-refractivity contribution in [3.63, 3.8) is 0 Å². The summed E-state index contributed by atoms with van der Waals surface area (Å²) in [4.78, 5) is 11.2. The third-order valence-corrected chi connectivity index (χ3v) is 3.24. The van der Waals surface area contributed by atoms with E-state index in [0.29, 0.717) is 30.2 Å². The molecule has 0 bridgehead atoms. The van der Waals surface area contributed by atoms with Crippen LogP contribution in [0.5, 0.6) is 0 Å². The normalized spacial score (nSPS) is 12.0. The SMILES string of the molecule is Cc1cc(C(F)(F)F)nn1CCNc1ncnc2[nH]ccc12. The number of anilines is 1. The van der Waals surface area contributed by atoms with Crippen LogP contribution in [0.4, 0.5) is 19.0 Å². The van der Waals surface area contributed by atoms with E-state index in [-0.39, 0.29) is 0 Å². The predicted molar refractivity (Wildman–Crippen MR) is 74.3 cm³/mol. The molecule has 0 unspecified atom stereocenters. The molecular formula is C13H13F3N6. The molecular weight excluding hydrogens is 297 g/mol. The first kappa shape index (κ1) is 14.4. The van der Waals surface area contributed by atoms with E-state index in [1.54, 1.807) is 13.1 Å². The largest absolute Gasteiger partial charge is 0.435 e. The number of fused-ring (bicyclic) bond motifs is 1. The molecule has 0 atom stereocenters. The number of rotatable bonds is 4. The van der Waals surface area contributed by atoms with Crippen LogP contribution in [0, 0.1) is 6.92 Å². The monoisotopic (exact) mass is 310 g/mol. The maximum atomic E-state index is 12.6. The highest BCUT2D eigenvalue weighted by molar-refractivity contribution is 5.86. The number of alkyl halides is 3. The Morgan fingerprint density at radius 3 is 2.86 bits per heavy atom. The molecule has 9 heteroatoms. The fourth-order valence-corrected chi connectivity index (χ4v) is 2.17. The topological polar surface area (TPSA) is 71.4 Å². The minimum Gasteiger partial charge on any atom is -0.368 e. The maximum Gasteiger partial charge on any atom is 0.435 e. The van der Waals surface area contributed by atoms with Crippen molar-refractivity contribution >= 4 is 16.9 Å². The van der Waals surface area contributed by atoms with Crippen LogP contribution in [0.25, 0.3) is 11.0 Å². The lowest BCUT2D eigenvalue weighted by Gasteiger charge is -2.08. The quantitative estimate of drug-likeness (QED) is 0.777. The molecule has 0 aromatic carbocycles. The van der Waals surface area contributed by atoms with Crippen LogP contribution in [-0.2, 0) is 12.7 Å². The van der Waals surface area contributed by atoms with Gasteiger partial charge in [-0.3, -0.25) is 4.68 Å². The zero-order chi connectivity index (χ0) is 15.7. The van der Waals surface area contributed by atoms with Crippen LogP contribution in [0.15, 0.2) is 24.7 Å². The van der Waals surface area contributed by atoms with Gasteiger partial charge in [-0.05, 0) is 19.1 Å². The van der Waals surface area contributed by atoms with Crippen LogP contribution >= 0.6 is 0 Å². The molecule has 0 fully saturated rings. The average Bonchev–Trinajstić information content (AvgIpc) is 3.06. The van der Waals surface area contributed by atoms with Gasteiger partial charge in [-0.2, -0.15) is 18.3 Å². The third-order valence-electron chi connectivity index (χ3n) is 3.24. The Morgan fingerprint density at radius 1 is 1.32 bits per heavy atom. The Kier molecular flexibility index (Phi) is 3.47. The molecule has 6 nitrogen and oxygen atoms in total. The number of aryl methyl sites for hydroxylation is 1. The lowest BCUT2D eigenvalue weighted by molar-refractivity contribution is -0.141. The van der Waals surface area contributed by atoms with Gasteiger partial charge >= 0.3 is 6.18 Å². The molecule has 116 valence electrons. The molecule has 0 amide bonds. The van der Waals surface area contributed by atoms with Crippen molar-refractivity contribution < 1.29 is 13.2 Å². The molecule has 3 rings (SSSR count). The number of H-pyrrole nitrogens is 1. The van der Waals surface area contributed by atoms with Gasteiger partial charge in [0.15, 0.2) is 5.69 Å². The number of aromatic nitrogens is 5. The lowest BCUT2D eigenvalue weighted by atomic mass is 10.3. The van der Waals surface area contributed by atoms with Crippen molar-refractivity contribution in [3.05, 3.63) is 36.0 Å². The van der Waals surface area contributed by atoms with Gasteiger partial charge in [0.05, 0.1) is 11.9 Å². The number of nitrogens with zero attached hydrogens (tertiary/aromatic N) is 4. The number of halogens is 3. The number of hydrogen-bond acceptors (Lipinski definition) is 4. The molecule has 0 saturated carbocycles. The van der Waals surface area contributed by atoms with Crippen molar-refractivity contribution in [1.29, 1.82) is 0 Å². The first-order valence-corrected chi connectivity index (χ1v) is 6.59. The highest BCUT2D eigenvalue weighted by Crippen LogP contribution is 2.28. The first-order chi connectivity index (χ1) is 10.4. The van der Waals surface area contributed by atoms with E-state index in [1.807, 2.05) is 6.07 Å². The van der Waals surface area contributed by atoms with E-state index in [0.717, 1.165) is 11.5 Å². The van der Waals surface area contributed by atoms with E-state index in [9.17, 15) is 13.2 Å². The Balaban J connectivity index is 1.69. The zero-order valence-corrected chi connectivity index (χ0v) is 11.6. The molecule has 0 spiro atoms. The highest BCUT2D eigenvalue weighted by atomic mass is 19.4. The van der Waals surface area contributed by atoms with Crippen LogP contribution < -0.4 is 5.32 Å². The van der Waals surface area contributed by atoms with E-state index >= 15 is 0 Å². The van der Waals surface area contributed by atoms with E-state index in [1.165, 1.54) is 11.0 Å². The van der Waals surface area contributed by atoms with Crippen molar-refractivity contribution in [3.8, 4) is 0 Å². The van der Waals surface area contributed by atoms with E-state index in [2.05, 4.69) is 25.4 Å². The van der Waals surface area contributed by atoms with Gasteiger partial charge in [-0.1, -0.05) is 0 Å². The molecule has 0 aliphatic heterocycles. The fourth-order valence-electron chi connectivity index (χ4n) is 2.17. The van der Waals surface area contributed by atoms with E-state index in [4.69, 9.17) is 0 Å². The molecule has 0 aliphatic rings. The molecule has 2 N–H and O–H groups in total. The molecule has 0 radical (unpaired) electrons. The minimum atomic E-state index is -4.42. The Morgan fingerprint density at radius 2 is 2.14 bits per heavy atom. The summed E-state index contributed by atoms with van der Waals surface area (Å²) in [6, 6.07) is 2.87. The van der Waals surface area contributed by atoms with Gasteiger partial charge in [0.2, 0.25) is 0 Å². The van der Waals surface area contributed by atoms with Crippen molar-refractivity contribution in [1.82, 2.24) is 24.7 Å². The van der Waals surface area contributed by atoms with Gasteiger partial charge in [0.25, 0.3) is 0 Å². The summed E-state index contributed by atoms with van der Waals surface area (Å²) in [5, 5.41) is 7.49. The van der Waals surface area contributed by atoms with Gasteiger partial charge < -0.3 is 10.3 Å². The Labute approximate surface area is 123 Å². The standard InChI is InChI=1S/C13H13F3N6/c1-8-6-10(13(14,15)16)21-22(8)5-4-18-12-9-2-3-17-11(9)19-7-20-12/h2-3,6-7H,4-5H2,1H3,(H2,17,18,19,20). The second-order valence-electron chi connectivity index (χ2n) is 4.78. The molecule has 3 aromatic heterocycles. The molecule has 22 heavy (non-hydrogen) atoms. The van der Waals surface area contributed by atoms with Gasteiger partial charge in [0.1, 0.15) is 17.8 Å². The third kappa shape index (κ3) is 2.74. The van der Waals surface area contributed by atoms with Crippen LogP contribution in [0.2, 0.25) is 0 Å². The smallest absolute Gasteiger partial charge is 0.368 e. The summed E-state index contributed by atoms with van der Waals surface area (Å²) in [6.45, 7) is 2.30. The molecule has 3 aromatic rings. The summed E-state index contributed by atoms with van der Waals surface area (Å²) in [7, 11) is 0. The van der Waals surface area contributed by atoms with Crippen LogP contribution in [-0.4, -0.2) is 31.3 Å². The summed E-state index contributed by atoms with van der Waals surface area (Å²) < 4.78 is 39.1. The van der Waals surface area contributed by atoms with Gasteiger partial charge in [-0.25, -0.2) is 9.97 Å². The average molecular weight is 310 g/mol. The second-order valence-corrected chi connectivity index (χ2v) is 4.78. The van der Waals surface area contributed by atoms with Crippen molar-refractivity contribution in [2.75, 3.05) is 11.9 Å². The Bertz CT molecular complexity index is 789. The summed E-state index contributed by atoms with van der Waals surface area (Å²) in [5.41, 5.74) is 0.288. The first-order valence-electron chi connectivity index (χ1n) is 6.59. The summed E-state index contributed by atoms with van der Waals surface area (Å²) >= 11 is 0. The number of hydrogen-bond donors (Lipinski definition) is 2. The lowest BCUT2D eigenvalue weighted by Crippen LogP contribution is -2.15. The summed E-state index contributed by atoms with van der Waals surface area (Å²) in [6.07, 6.45) is -1.26. The predicted octanol–water partition coefficient (Wildman–Crippen LogP) is 2.59.